The van der Waals surface area contributed by atoms with Gasteiger partial charge >= 0.3 is 0 Å². The smallest absolute Gasteiger partial charge is 0.150 e. The third-order valence-corrected chi connectivity index (χ3v) is 3.28. The van der Waals surface area contributed by atoms with Crippen LogP contribution in [0.15, 0.2) is 16.7 Å². The Hall–Kier alpha value is -1.68. The van der Waals surface area contributed by atoms with Gasteiger partial charge in [-0.2, -0.15) is 0 Å². The van der Waals surface area contributed by atoms with Crippen molar-refractivity contribution in [1.82, 2.24) is 15.5 Å². The second kappa shape index (κ2) is 5.53. The highest BCUT2D eigenvalue weighted by Crippen LogP contribution is 2.21. The third-order valence-electron chi connectivity index (χ3n) is 3.28. The van der Waals surface area contributed by atoms with Crippen molar-refractivity contribution in [3.8, 4) is 0 Å². The molecule has 1 atom stereocenters. The molecule has 1 N–H and O–H groups in total. The van der Waals surface area contributed by atoms with Crippen LogP contribution in [0.1, 0.15) is 46.9 Å². The van der Waals surface area contributed by atoms with Crippen LogP contribution in [0.25, 0.3) is 0 Å². The van der Waals surface area contributed by atoms with Crippen molar-refractivity contribution in [2.45, 2.75) is 47.2 Å². The van der Waals surface area contributed by atoms with Crippen LogP contribution in [0, 0.1) is 27.7 Å². The van der Waals surface area contributed by atoms with Crippen molar-refractivity contribution in [2.24, 2.45) is 0 Å². The average Bonchev–Trinajstić information content (AvgIpc) is 2.71. The van der Waals surface area contributed by atoms with E-state index in [0.29, 0.717) is 6.54 Å². The van der Waals surface area contributed by atoms with Crippen molar-refractivity contribution in [3.05, 3.63) is 46.1 Å². The highest BCUT2D eigenvalue weighted by molar-refractivity contribution is 5.33. The molecule has 0 aliphatic carbocycles. The van der Waals surface area contributed by atoms with Crippen molar-refractivity contribution in [3.63, 3.8) is 0 Å². The fourth-order valence-electron chi connectivity index (χ4n) is 2.54. The van der Waals surface area contributed by atoms with Crippen LogP contribution >= 0.6 is 0 Å². The van der Waals surface area contributed by atoms with Crippen molar-refractivity contribution >= 4 is 0 Å². The lowest BCUT2D eigenvalue weighted by Crippen LogP contribution is -2.20. The Kier molecular flexibility index (Phi) is 4.00. The van der Waals surface area contributed by atoms with Crippen molar-refractivity contribution < 1.29 is 4.52 Å². The van der Waals surface area contributed by atoms with Gasteiger partial charge < -0.3 is 9.84 Å². The minimum atomic E-state index is 0.235. The Morgan fingerprint density at radius 2 is 1.89 bits per heavy atom. The van der Waals surface area contributed by atoms with Gasteiger partial charge in [-0.3, -0.25) is 4.98 Å². The summed E-state index contributed by atoms with van der Waals surface area (Å²) in [5.74, 6) is 0.861. The van der Waals surface area contributed by atoms with E-state index < -0.39 is 0 Å². The zero-order chi connectivity index (χ0) is 14.0. The molecule has 4 heteroatoms. The number of aryl methyl sites for hydroxylation is 4. The highest BCUT2D eigenvalue weighted by atomic mass is 16.5. The monoisotopic (exact) mass is 259 g/mol. The van der Waals surface area contributed by atoms with E-state index in [9.17, 15) is 0 Å². The first-order valence-electron chi connectivity index (χ1n) is 6.57. The molecule has 0 aliphatic heterocycles. The molecular weight excluding hydrogens is 238 g/mol. The minimum Gasteiger partial charge on any atom is -0.360 e. The van der Waals surface area contributed by atoms with E-state index in [-0.39, 0.29) is 6.04 Å². The molecule has 0 aromatic carbocycles. The fraction of sp³-hybridized carbons (Fsp3) is 0.467. The van der Waals surface area contributed by atoms with Gasteiger partial charge in [-0.05, 0) is 51.8 Å². The number of hydrogen-bond acceptors (Lipinski definition) is 4. The third kappa shape index (κ3) is 3.20. The molecule has 2 rings (SSSR count). The maximum atomic E-state index is 5.20. The second-order valence-corrected chi connectivity index (χ2v) is 5.12. The van der Waals surface area contributed by atoms with Crippen LogP contribution in [0.4, 0.5) is 0 Å². The molecule has 0 spiro atoms. The zero-order valence-corrected chi connectivity index (χ0v) is 12.2. The molecule has 0 aliphatic rings. The number of hydrogen-bond donors (Lipinski definition) is 1. The van der Waals surface area contributed by atoms with Gasteiger partial charge in [0.05, 0.1) is 12.2 Å². The Morgan fingerprint density at radius 3 is 2.47 bits per heavy atom. The van der Waals surface area contributed by atoms with Crippen LogP contribution in [-0.4, -0.2) is 10.1 Å². The molecule has 0 amide bonds. The van der Waals surface area contributed by atoms with Gasteiger partial charge in [0.15, 0.2) is 5.76 Å². The van der Waals surface area contributed by atoms with Gasteiger partial charge in [-0.15, -0.1) is 0 Å². The summed E-state index contributed by atoms with van der Waals surface area (Å²) in [6.45, 7) is 11.0. The minimum absolute atomic E-state index is 0.235. The van der Waals surface area contributed by atoms with E-state index in [1.54, 1.807) is 0 Å². The number of aromatic nitrogens is 2. The molecule has 2 aromatic rings. The largest absolute Gasteiger partial charge is 0.360 e. The van der Waals surface area contributed by atoms with E-state index >= 15 is 0 Å². The first-order chi connectivity index (χ1) is 8.97. The Labute approximate surface area is 114 Å². The predicted molar refractivity (Wildman–Crippen MR) is 74.9 cm³/mol. The molecule has 2 heterocycles. The van der Waals surface area contributed by atoms with Crippen LogP contribution < -0.4 is 5.32 Å². The fourth-order valence-corrected chi connectivity index (χ4v) is 2.54. The van der Waals surface area contributed by atoms with Crippen molar-refractivity contribution in [2.75, 3.05) is 0 Å². The standard InChI is InChI=1S/C15H21N3O/c1-9-6-10(2)17-13(5)15(9)12(4)16-8-14-7-11(3)18-19-14/h6-7,12,16H,8H2,1-5H3. The van der Waals surface area contributed by atoms with Crippen molar-refractivity contribution in [1.29, 1.82) is 0 Å². The van der Waals surface area contributed by atoms with Crippen LogP contribution in [-0.2, 0) is 6.54 Å². The topological polar surface area (TPSA) is 51.0 Å². The molecule has 2 aromatic heterocycles. The summed E-state index contributed by atoms with van der Waals surface area (Å²) >= 11 is 0. The maximum absolute atomic E-state index is 5.20. The van der Waals surface area contributed by atoms with Crippen LogP contribution in [0.2, 0.25) is 0 Å². The van der Waals surface area contributed by atoms with Gasteiger partial charge in [0.25, 0.3) is 0 Å². The predicted octanol–water partition coefficient (Wildman–Crippen LogP) is 3.15. The molecule has 0 radical (unpaired) electrons. The molecule has 19 heavy (non-hydrogen) atoms. The lowest BCUT2D eigenvalue weighted by Gasteiger charge is -2.18. The molecule has 0 bridgehead atoms. The van der Waals surface area contributed by atoms with Gasteiger partial charge in [-0.1, -0.05) is 5.16 Å². The summed E-state index contributed by atoms with van der Waals surface area (Å²) in [5.41, 5.74) is 5.61. The summed E-state index contributed by atoms with van der Waals surface area (Å²) < 4.78 is 5.20. The number of nitrogens with one attached hydrogen (secondary N) is 1. The van der Waals surface area contributed by atoms with E-state index in [0.717, 1.165) is 22.8 Å². The van der Waals surface area contributed by atoms with Gasteiger partial charge in [0, 0.05) is 23.5 Å². The molecule has 0 saturated heterocycles. The lowest BCUT2D eigenvalue weighted by atomic mass is 10.0. The summed E-state index contributed by atoms with van der Waals surface area (Å²) in [7, 11) is 0. The number of nitrogens with zero attached hydrogens (tertiary/aromatic N) is 2. The summed E-state index contributed by atoms with van der Waals surface area (Å²) in [5, 5.41) is 7.34. The Balaban J connectivity index is 2.10. The SMILES string of the molecule is Cc1cc(CNC(C)c2c(C)cc(C)nc2C)on1. The summed E-state index contributed by atoms with van der Waals surface area (Å²) in [6.07, 6.45) is 0. The van der Waals surface area contributed by atoms with Crippen LogP contribution in [0.5, 0.6) is 0 Å². The normalized spacial score (nSPS) is 12.7. The van der Waals surface area contributed by atoms with Gasteiger partial charge in [0.2, 0.25) is 0 Å². The van der Waals surface area contributed by atoms with Gasteiger partial charge in [0.1, 0.15) is 0 Å². The molecule has 0 fully saturated rings. The molecule has 0 saturated carbocycles. The molecular formula is C15H21N3O. The maximum Gasteiger partial charge on any atom is 0.150 e. The average molecular weight is 259 g/mol. The molecule has 1 unspecified atom stereocenters. The number of rotatable bonds is 4. The van der Waals surface area contributed by atoms with Gasteiger partial charge in [-0.25, -0.2) is 0 Å². The van der Waals surface area contributed by atoms with E-state index in [2.05, 4.69) is 42.3 Å². The van der Waals surface area contributed by atoms with E-state index in [1.807, 2.05) is 19.9 Å². The van der Waals surface area contributed by atoms with E-state index in [1.165, 1.54) is 11.1 Å². The van der Waals surface area contributed by atoms with E-state index in [4.69, 9.17) is 4.52 Å². The number of pyridine rings is 1. The molecule has 102 valence electrons. The second-order valence-electron chi connectivity index (χ2n) is 5.12. The highest BCUT2D eigenvalue weighted by Gasteiger charge is 2.13. The Morgan fingerprint density at radius 1 is 1.16 bits per heavy atom. The Bertz CT molecular complexity index is 552. The van der Waals surface area contributed by atoms with Crippen LogP contribution in [0.3, 0.4) is 0 Å². The quantitative estimate of drug-likeness (QED) is 0.916. The first kappa shape index (κ1) is 13.7. The molecule has 4 nitrogen and oxygen atoms in total. The summed E-state index contributed by atoms with van der Waals surface area (Å²) in [4.78, 5) is 4.54. The summed E-state index contributed by atoms with van der Waals surface area (Å²) in [6, 6.07) is 4.31. The first-order valence-corrected chi connectivity index (χ1v) is 6.57. The lowest BCUT2D eigenvalue weighted by molar-refractivity contribution is 0.363. The zero-order valence-electron chi connectivity index (χ0n) is 12.2.